The highest BCUT2D eigenvalue weighted by molar-refractivity contribution is 8.03. The number of carbonyl (C=O) groups is 1. The molecule has 2 amide bonds. The number of nitrogen functional groups attached to an aromatic ring is 2. The number of hydrogen-bond donors (Lipinski definition) is 9. The molecule has 0 fully saturated rings. The van der Waals surface area contributed by atoms with Gasteiger partial charge in [0.25, 0.3) is 0 Å². The van der Waals surface area contributed by atoms with Gasteiger partial charge in [0.05, 0.1) is 20.7 Å². The van der Waals surface area contributed by atoms with E-state index in [1.807, 2.05) is 24.5 Å². The van der Waals surface area contributed by atoms with Gasteiger partial charge in [-0.2, -0.15) is 0 Å². The van der Waals surface area contributed by atoms with Crippen molar-refractivity contribution in [2.75, 3.05) is 36.4 Å². The number of primary sulfonamides is 1. The second kappa shape index (κ2) is 16.9. The van der Waals surface area contributed by atoms with Crippen LogP contribution in [0.3, 0.4) is 0 Å². The van der Waals surface area contributed by atoms with Gasteiger partial charge in [-0.1, -0.05) is 23.9 Å². The third kappa shape index (κ3) is 10.4. The molecule has 4 aromatic rings. The first-order valence-electron chi connectivity index (χ1n) is 12.6. The van der Waals surface area contributed by atoms with E-state index in [0.717, 1.165) is 54.1 Å². The third-order valence-corrected chi connectivity index (χ3v) is 10.1. The van der Waals surface area contributed by atoms with Gasteiger partial charge >= 0.3 is 6.03 Å². The summed E-state index contributed by atoms with van der Waals surface area (Å²) in [5.74, 6) is 0.107. The maximum absolute atomic E-state index is 10.8. The van der Waals surface area contributed by atoms with E-state index in [-0.39, 0.29) is 10.7 Å². The SMILES string of the molecule is CO.CSc1sc(C(=N)N)cc1Sc1cccc(-c2c(C)cc(NCN)cc2N)c1.NC(=O)Nc1ccc(S(N)(=O)=O)cc1. The molecule has 0 radical (unpaired) electrons. The van der Waals surface area contributed by atoms with Crippen LogP contribution in [0.2, 0.25) is 0 Å². The Morgan fingerprint density at radius 1 is 1.02 bits per heavy atom. The Hall–Kier alpha value is -3.77. The average Bonchev–Trinajstić information content (AvgIpc) is 3.37. The molecule has 0 aliphatic rings. The zero-order valence-corrected chi connectivity index (χ0v) is 27.5. The van der Waals surface area contributed by atoms with Crippen molar-refractivity contribution in [1.29, 1.82) is 5.41 Å². The van der Waals surface area contributed by atoms with Gasteiger partial charge in [-0.15, -0.1) is 23.1 Å². The standard InChI is InChI=1S/C20H23N5S3.C7H9N3O3S.CH4O/c1-11-6-13(25-10-21)8-15(22)18(11)12-4-3-5-14(7-12)27-17-9-16(19(23)24)28-20(17)26-2;8-7(11)10-5-1-3-6(4-2-5)14(9,12)13;1-2/h3-9,25H,10,21-22H2,1-2H3,(H3,23,24);1-4H,(H3,8,10,11)(H2,9,12,13);2H,1H3. The molecule has 0 bridgehead atoms. The lowest BCUT2D eigenvalue weighted by molar-refractivity contribution is 0.259. The van der Waals surface area contributed by atoms with Gasteiger partial charge in [0.15, 0.2) is 0 Å². The molecular weight excluding hydrogens is 641 g/mol. The number of thiophene rings is 1. The fraction of sp³-hybridized carbons (Fsp3) is 0.143. The lowest BCUT2D eigenvalue weighted by atomic mass is 9.98. The molecule has 4 rings (SSSR count). The van der Waals surface area contributed by atoms with E-state index in [0.29, 0.717) is 12.4 Å². The van der Waals surface area contributed by atoms with Crippen LogP contribution in [0, 0.1) is 12.3 Å². The summed E-state index contributed by atoms with van der Waals surface area (Å²) < 4.78 is 22.8. The predicted octanol–water partition coefficient (Wildman–Crippen LogP) is 4.22. The molecule has 44 heavy (non-hydrogen) atoms. The van der Waals surface area contributed by atoms with Crippen LogP contribution in [0.1, 0.15) is 10.4 Å². The van der Waals surface area contributed by atoms with E-state index in [4.69, 9.17) is 38.6 Å². The fourth-order valence-electron chi connectivity index (χ4n) is 3.84. The Bertz CT molecular complexity index is 1670. The van der Waals surface area contributed by atoms with Crippen molar-refractivity contribution < 1.29 is 18.3 Å². The van der Waals surface area contributed by atoms with Crippen LogP contribution in [0.4, 0.5) is 21.9 Å². The van der Waals surface area contributed by atoms with Crippen LogP contribution < -0.4 is 38.7 Å². The van der Waals surface area contributed by atoms with E-state index in [2.05, 4.69) is 41.8 Å². The molecule has 0 aliphatic heterocycles. The van der Waals surface area contributed by atoms with E-state index in [9.17, 15) is 13.2 Å². The smallest absolute Gasteiger partial charge is 0.316 e. The first kappa shape index (κ1) is 36.4. The normalized spacial score (nSPS) is 10.5. The zero-order chi connectivity index (χ0) is 33.0. The Morgan fingerprint density at radius 2 is 1.68 bits per heavy atom. The van der Waals surface area contributed by atoms with E-state index >= 15 is 0 Å². The maximum atomic E-state index is 10.8. The summed E-state index contributed by atoms with van der Waals surface area (Å²) >= 11 is 4.90. The number of aryl methyl sites for hydroxylation is 1. The first-order chi connectivity index (χ1) is 20.8. The summed E-state index contributed by atoms with van der Waals surface area (Å²) in [5.41, 5.74) is 27.7. The molecular formula is C28H36N8O4S4. The van der Waals surface area contributed by atoms with Crippen LogP contribution >= 0.6 is 34.9 Å². The molecule has 1 aromatic heterocycles. The van der Waals surface area contributed by atoms with Crippen LogP contribution in [0.5, 0.6) is 0 Å². The quantitative estimate of drug-likeness (QED) is 0.0401. The number of rotatable bonds is 9. The number of nitrogens with two attached hydrogens (primary N) is 5. The van der Waals surface area contributed by atoms with Crippen LogP contribution in [-0.2, 0) is 10.0 Å². The predicted molar refractivity (Wildman–Crippen MR) is 184 cm³/mol. The van der Waals surface area contributed by atoms with Crippen molar-refractivity contribution >= 4 is 73.8 Å². The van der Waals surface area contributed by atoms with Gasteiger partial charge in [0, 0.05) is 39.5 Å². The molecule has 0 saturated carbocycles. The summed E-state index contributed by atoms with van der Waals surface area (Å²) in [5, 5.41) is 24.9. The minimum absolute atomic E-state index is 0.0208. The highest BCUT2D eigenvalue weighted by atomic mass is 32.2. The number of benzene rings is 3. The minimum Gasteiger partial charge on any atom is -0.400 e. The molecule has 16 heteroatoms. The summed E-state index contributed by atoms with van der Waals surface area (Å²) in [7, 11) is -2.69. The van der Waals surface area contributed by atoms with Crippen LogP contribution in [-0.4, -0.2) is 45.4 Å². The van der Waals surface area contributed by atoms with E-state index in [1.54, 1.807) is 34.9 Å². The van der Waals surface area contributed by atoms with Crippen molar-refractivity contribution in [2.45, 2.75) is 25.8 Å². The van der Waals surface area contributed by atoms with Crippen molar-refractivity contribution in [1.82, 2.24) is 0 Å². The Labute approximate surface area is 269 Å². The highest BCUT2D eigenvalue weighted by Crippen LogP contribution is 2.42. The monoisotopic (exact) mass is 676 g/mol. The molecule has 0 atom stereocenters. The fourth-order valence-corrected chi connectivity index (χ4v) is 7.42. The number of sulfonamides is 1. The number of aliphatic hydroxyl groups is 1. The molecule has 14 N–H and O–H groups in total. The van der Waals surface area contributed by atoms with E-state index < -0.39 is 16.1 Å². The minimum atomic E-state index is -3.69. The second-order valence-electron chi connectivity index (χ2n) is 8.71. The van der Waals surface area contributed by atoms with Crippen LogP contribution in [0.25, 0.3) is 11.1 Å². The van der Waals surface area contributed by atoms with Gasteiger partial charge in [0.2, 0.25) is 10.0 Å². The van der Waals surface area contributed by atoms with Gasteiger partial charge in [-0.25, -0.2) is 18.4 Å². The van der Waals surface area contributed by atoms with Crippen molar-refractivity contribution in [3.05, 3.63) is 77.2 Å². The summed E-state index contributed by atoms with van der Waals surface area (Å²) in [6.45, 7) is 2.42. The van der Waals surface area contributed by atoms with Gasteiger partial charge < -0.3 is 38.7 Å². The molecule has 12 nitrogen and oxygen atoms in total. The zero-order valence-electron chi connectivity index (χ0n) is 24.2. The van der Waals surface area contributed by atoms with Gasteiger partial charge in [-0.3, -0.25) is 5.41 Å². The molecule has 1 heterocycles. The van der Waals surface area contributed by atoms with Gasteiger partial charge in [0.1, 0.15) is 5.84 Å². The Kier molecular flexibility index (Phi) is 14.0. The molecule has 236 valence electrons. The molecule has 3 aromatic carbocycles. The number of carbonyl (C=O) groups excluding carboxylic acids is 1. The molecule has 0 unspecified atom stereocenters. The van der Waals surface area contributed by atoms with Crippen molar-refractivity contribution in [3.8, 4) is 11.1 Å². The highest BCUT2D eigenvalue weighted by Gasteiger charge is 2.14. The van der Waals surface area contributed by atoms with Crippen LogP contribution in [0.15, 0.2) is 85.6 Å². The Balaban J connectivity index is 0.000000355. The van der Waals surface area contributed by atoms with Crippen molar-refractivity contribution in [3.63, 3.8) is 0 Å². The number of hydrogen-bond acceptors (Lipinski definition) is 11. The largest absolute Gasteiger partial charge is 0.400 e. The number of aliphatic hydroxyl groups excluding tert-OH is 1. The number of amides is 2. The molecule has 0 aliphatic carbocycles. The molecule has 0 saturated heterocycles. The number of urea groups is 1. The number of thioether (sulfide) groups is 1. The summed E-state index contributed by atoms with van der Waals surface area (Å²) in [6, 6.07) is 18.9. The number of primary amides is 1. The lowest BCUT2D eigenvalue weighted by Crippen LogP contribution is -2.19. The number of amidine groups is 1. The summed E-state index contributed by atoms with van der Waals surface area (Å²) in [4.78, 5) is 13.4. The number of anilines is 3. The number of nitrogens with one attached hydrogen (secondary N) is 3. The second-order valence-corrected chi connectivity index (χ2v) is 13.5. The summed E-state index contributed by atoms with van der Waals surface area (Å²) in [6.07, 6.45) is 2.04. The topological polar surface area (TPSA) is 249 Å². The first-order valence-corrected chi connectivity index (χ1v) is 17.0. The van der Waals surface area contributed by atoms with Gasteiger partial charge in [-0.05, 0) is 78.9 Å². The molecule has 0 spiro atoms. The third-order valence-electron chi connectivity index (χ3n) is 5.59. The van der Waals surface area contributed by atoms with E-state index in [1.165, 1.54) is 24.3 Å². The Morgan fingerprint density at radius 3 is 2.20 bits per heavy atom. The maximum Gasteiger partial charge on any atom is 0.316 e. The lowest BCUT2D eigenvalue weighted by Gasteiger charge is -2.14. The average molecular weight is 677 g/mol. The van der Waals surface area contributed by atoms with Crippen molar-refractivity contribution in [2.24, 2.45) is 22.3 Å².